The number of hydrogen-bond donors (Lipinski definition) is 0. The number of carbonyl (C=O) groups excluding carboxylic acids is 1. The molecule has 0 aromatic heterocycles. The van der Waals surface area contributed by atoms with Crippen LogP contribution < -0.4 is 9.64 Å². The maximum atomic E-state index is 12.7. The van der Waals surface area contributed by atoms with E-state index in [9.17, 15) is 4.79 Å². The van der Waals surface area contributed by atoms with Gasteiger partial charge in [0.1, 0.15) is 11.4 Å². The Labute approximate surface area is 139 Å². The number of amides is 1. The van der Waals surface area contributed by atoms with E-state index in [1.54, 1.807) is 52.1 Å². The number of methoxy groups -OCH3 is 1. The van der Waals surface area contributed by atoms with Crippen molar-refractivity contribution in [3.8, 4) is 5.75 Å². The molecule has 0 unspecified atom stereocenters. The molecule has 0 heterocycles. The molecule has 0 spiro atoms. The summed E-state index contributed by atoms with van der Waals surface area (Å²) in [6.07, 6.45) is -0.559. The summed E-state index contributed by atoms with van der Waals surface area (Å²) in [4.78, 5) is 14.0. The summed E-state index contributed by atoms with van der Waals surface area (Å²) in [6.45, 7) is 4.50. The normalized spacial score (nSPS) is 13.0. The van der Waals surface area contributed by atoms with Crippen LogP contribution in [-0.2, 0) is 11.3 Å². The van der Waals surface area contributed by atoms with Gasteiger partial charge in [-0.05, 0) is 50.6 Å². The summed E-state index contributed by atoms with van der Waals surface area (Å²) in [5.41, 5.74) is 0.645. The standard InChI is InChI=1S/C19H23NO3/c1-19(2,3)23-18(21)20(14-15-8-6-5-7-9-15)16-10-12-17(22-4)13-11-16/h5-13H,14H2,1-4H3/i14D/t14-/m1/s1. The zero-order chi connectivity index (χ0) is 17.7. The van der Waals surface area contributed by atoms with Crippen LogP contribution in [0.25, 0.3) is 0 Å². The number of carbonyl (C=O) groups is 1. The Balaban J connectivity index is 2.38. The highest BCUT2D eigenvalue weighted by atomic mass is 16.6. The maximum Gasteiger partial charge on any atom is 0.415 e. The lowest BCUT2D eigenvalue weighted by Crippen LogP contribution is -2.36. The summed E-state index contributed by atoms with van der Waals surface area (Å²) in [5, 5.41) is 0. The number of hydrogen-bond acceptors (Lipinski definition) is 3. The molecule has 122 valence electrons. The van der Waals surface area contributed by atoms with Gasteiger partial charge in [0, 0.05) is 5.69 Å². The first-order chi connectivity index (χ1) is 11.3. The van der Waals surface area contributed by atoms with E-state index in [4.69, 9.17) is 10.8 Å². The lowest BCUT2D eigenvalue weighted by atomic mass is 10.2. The molecule has 2 aromatic rings. The highest BCUT2D eigenvalue weighted by Gasteiger charge is 2.23. The number of nitrogens with zero attached hydrogens (tertiary/aromatic N) is 1. The van der Waals surface area contributed by atoms with E-state index < -0.39 is 18.2 Å². The van der Waals surface area contributed by atoms with Crippen molar-refractivity contribution < 1.29 is 15.6 Å². The zero-order valence-corrected chi connectivity index (χ0v) is 13.9. The topological polar surface area (TPSA) is 38.8 Å². The third-order valence-corrected chi connectivity index (χ3v) is 3.02. The fourth-order valence-electron chi connectivity index (χ4n) is 1.97. The lowest BCUT2D eigenvalue weighted by Gasteiger charge is -2.27. The minimum atomic E-state index is -0.908. The third kappa shape index (κ3) is 5.02. The molecule has 0 N–H and O–H groups in total. The molecule has 0 aliphatic heterocycles. The molecule has 2 aromatic carbocycles. The predicted octanol–water partition coefficient (Wildman–Crippen LogP) is 4.64. The van der Waals surface area contributed by atoms with Crippen LogP contribution in [0.3, 0.4) is 0 Å². The molecule has 2 rings (SSSR count). The number of benzene rings is 2. The van der Waals surface area contributed by atoms with Gasteiger partial charge in [0.2, 0.25) is 0 Å². The van der Waals surface area contributed by atoms with Gasteiger partial charge >= 0.3 is 6.09 Å². The molecular weight excluding hydrogens is 290 g/mol. The van der Waals surface area contributed by atoms with E-state index in [0.29, 0.717) is 17.0 Å². The molecule has 0 bridgehead atoms. The van der Waals surface area contributed by atoms with Crippen molar-refractivity contribution in [2.24, 2.45) is 0 Å². The summed E-state index contributed by atoms with van der Waals surface area (Å²) in [7, 11) is 1.58. The van der Waals surface area contributed by atoms with Crippen molar-refractivity contribution >= 4 is 11.8 Å². The Hall–Kier alpha value is -2.49. The van der Waals surface area contributed by atoms with E-state index >= 15 is 0 Å². The monoisotopic (exact) mass is 314 g/mol. The highest BCUT2D eigenvalue weighted by molar-refractivity contribution is 5.87. The quantitative estimate of drug-likeness (QED) is 0.825. The van der Waals surface area contributed by atoms with Crippen LogP contribution in [0.2, 0.25) is 0 Å². The number of anilines is 1. The fourth-order valence-corrected chi connectivity index (χ4v) is 1.97. The molecule has 1 atom stereocenters. The molecule has 1 amide bonds. The van der Waals surface area contributed by atoms with E-state index in [1.807, 2.05) is 30.3 Å². The van der Waals surface area contributed by atoms with E-state index in [2.05, 4.69) is 0 Å². The van der Waals surface area contributed by atoms with Gasteiger partial charge in [-0.2, -0.15) is 0 Å². The summed E-state index contributed by atoms with van der Waals surface area (Å²) >= 11 is 0. The van der Waals surface area contributed by atoms with Gasteiger partial charge in [0.15, 0.2) is 0 Å². The van der Waals surface area contributed by atoms with Gasteiger partial charge < -0.3 is 9.47 Å². The van der Waals surface area contributed by atoms with Gasteiger partial charge in [0.05, 0.1) is 15.0 Å². The van der Waals surface area contributed by atoms with Crippen LogP contribution in [0.15, 0.2) is 54.6 Å². The summed E-state index contributed by atoms with van der Waals surface area (Å²) in [6, 6.07) is 16.2. The van der Waals surface area contributed by atoms with Gasteiger partial charge in [0.25, 0.3) is 0 Å². The number of ether oxygens (including phenoxy) is 2. The average molecular weight is 314 g/mol. The van der Waals surface area contributed by atoms with Crippen molar-refractivity contribution in [3.05, 3.63) is 60.2 Å². The minimum Gasteiger partial charge on any atom is -0.497 e. The minimum absolute atomic E-state index is 0.559. The molecule has 0 aliphatic rings. The van der Waals surface area contributed by atoms with Crippen LogP contribution in [0.5, 0.6) is 5.75 Å². The first-order valence-electron chi connectivity index (χ1n) is 8.03. The number of rotatable bonds is 4. The van der Waals surface area contributed by atoms with Crippen molar-refractivity contribution in [1.29, 1.82) is 0 Å². The third-order valence-electron chi connectivity index (χ3n) is 3.02. The van der Waals surface area contributed by atoms with Crippen LogP contribution in [0.1, 0.15) is 27.7 Å². The Morgan fingerprint density at radius 1 is 1.09 bits per heavy atom. The second-order valence-corrected chi connectivity index (χ2v) is 6.09. The fraction of sp³-hybridized carbons (Fsp3) is 0.316. The predicted molar refractivity (Wildman–Crippen MR) is 91.9 cm³/mol. The molecule has 0 saturated heterocycles. The SMILES string of the molecule is [2H][C@H](c1ccccc1)N(C(=O)OC(C)(C)C)c1ccc(OC)cc1. The Kier molecular flexibility index (Phi) is 4.81. The maximum absolute atomic E-state index is 12.7. The van der Waals surface area contributed by atoms with E-state index in [1.165, 1.54) is 4.90 Å². The molecule has 4 heteroatoms. The van der Waals surface area contributed by atoms with Crippen molar-refractivity contribution in [2.75, 3.05) is 12.0 Å². The Morgan fingerprint density at radius 3 is 2.22 bits per heavy atom. The van der Waals surface area contributed by atoms with Gasteiger partial charge in [-0.25, -0.2) is 4.79 Å². The second-order valence-electron chi connectivity index (χ2n) is 6.09. The van der Waals surface area contributed by atoms with Crippen LogP contribution in [0.4, 0.5) is 10.5 Å². The van der Waals surface area contributed by atoms with Crippen LogP contribution in [-0.4, -0.2) is 18.8 Å². The largest absolute Gasteiger partial charge is 0.497 e. The Bertz CT molecular complexity index is 665. The summed E-state index contributed by atoms with van der Waals surface area (Å²) in [5.74, 6) is 0.684. The van der Waals surface area contributed by atoms with E-state index in [-0.39, 0.29) is 0 Å². The zero-order valence-electron chi connectivity index (χ0n) is 14.9. The molecular formula is C19H23NO3. The second kappa shape index (κ2) is 7.18. The highest BCUT2D eigenvalue weighted by Crippen LogP contribution is 2.23. The van der Waals surface area contributed by atoms with Gasteiger partial charge in [-0.1, -0.05) is 30.3 Å². The summed E-state index contributed by atoms with van der Waals surface area (Å²) < 4.78 is 19.2. The van der Waals surface area contributed by atoms with E-state index in [0.717, 1.165) is 0 Å². The first-order valence-corrected chi connectivity index (χ1v) is 7.45. The lowest BCUT2D eigenvalue weighted by molar-refractivity contribution is 0.0577. The molecule has 4 nitrogen and oxygen atoms in total. The smallest absolute Gasteiger partial charge is 0.415 e. The first kappa shape index (κ1) is 15.4. The molecule has 0 fully saturated rings. The van der Waals surface area contributed by atoms with Crippen molar-refractivity contribution in [1.82, 2.24) is 0 Å². The van der Waals surface area contributed by atoms with Gasteiger partial charge in [-0.3, -0.25) is 4.90 Å². The van der Waals surface area contributed by atoms with Crippen LogP contribution >= 0.6 is 0 Å². The molecule has 0 radical (unpaired) electrons. The van der Waals surface area contributed by atoms with Crippen molar-refractivity contribution in [2.45, 2.75) is 32.9 Å². The van der Waals surface area contributed by atoms with Crippen molar-refractivity contribution in [3.63, 3.8) is 0 Å². The molecule has 0 aliphatic carbocycles. The Morgan fingerprint density at radius 2 is 1.70 bits per heavy atom. The molecule has 23 heavy (non-hydrogen) atoms. The van der Waals surface area contributed by atoms with Crippen LogP contribution in [0, 0.1) is 0 Å². The molecule has 0 saturated carbocycles. The van der Waals surface area contributed by atoms with Gasteiger partial charge in [-0.15, -0.1) is 0 Å². The average Bonchev–Trinajstić information content (AvgIpc) is 2.55.